The molecule has 5 atom stereocenters. The number of aromatic nitrogens is 1. The highest BCUT2D eigenvalue weighted by Crippen LogP contribution is 2.24. The zero-order valence-electron chi connectivity index (χ0n) is 12.0. The highest BCUT2D eigenvalue weighted by atomic mass is 16.7. The Labute approximate surface area is 130 Å². The van der Waals surface area contributed by atoms with Crippen LogP contribution in [0.5, 0.6) is 0 Å². The van der Waals surface area contributed by atoms with Crippen molar-refractivity contribution >= 4 is 16.9 Å². The second-order valence-corrected chi connectivity index (χ2v) is 5.35. The van der Waals surface area contributed by atoms with Crippen molar-refractivity contribution in [2.45, 2.75) is 30.7 Å². The first-order valence-electron chi connectivity index (χ1n) is 7.10. The lowest BCUT2D eigenvalue weighted by Crippen LogP contribution is -2.59. The Morgan fingerprint density at radius 2 is 1.91 bits per heavy atom. The molecule has 1 aromatic carbocycles. The van der Waals surface area contributed by atoms with Gasteiger partial charge >= 0.3 is 5.97 Å². The van der Waals surface area contributed by atoms with Crippen LogP contribution in [0.25, 0.3) is 10.9 Å². The van der Waals surface area contributed by atoms with Gasteiger partial charge in [0.1, 0.15) is 24.4 Å². The van der Waals surface area contributed by atoms with E-state index in [-0.39, 0.29) is 5.56 Å². The molecule has 1 saturated heterocycles. The van der Waals surface area contributed by atoms with Crippen LogP contribution in [-0.4, -0.2) is 68.7 Å². The van der Waals surface area contributed by atoms with Gasteiger partial charge in [-0.1, -0.05) is 18.2 Å². The first-order valence-corrected chi connectivity index (χ1v) is 7.10. The fraction of sp³-hybridized carbons (Fsp3) is 0.400. The van der Waals surface area contributed by atoms with Crippen molar-refractivity contribution in [1.82, 2.24) is 4.98 Å². The number of H-pyrrole nitrogens is 1. The number of benzene rings is 1. The van der Waals surface area contributed by atoms with Gasteiger partial charge < -0.3 is 34.9 Å². The van der Waals surface area contributed by atoms with Crippen LogP contribution in [-0.2, 0) is 9.47 Å². The standard InChI is InChI=1S/C15H17NO7/c17-6-10-11(18)12(19)13(20)15(22-10)23-14(21)8-5-16-9-4-2-1-3-7(8)9/h1-5,10-13,15-20H,6H2. The predicted molar refractivity (Wildman–Crippen MR) is 77.5 cm³/mol. The minimum atomic E-state index is -1.62. The van der Waals surface area contributed by atoms with Crippen LogP contribution < -0.4 is 0 Å². The van der Waals surface area contributed by atoms with E-state index in [1.165, 1.54) is 6.20 Å². The highest BCUT2D eigenvalue weighted by molar-refractivity contribution is 6.04. The van der Waals surface area contributed by atoms with Gasteiger partial charge in [0.2, 0.25) is 6.29 Å². The number of fused-ring (bicyclic) bond motifs is 1. The third kappa shape index (κ3) is 2.82. The van der Waals surface area contributed by atoms with Crippen molar-refractivity contribution in [2.75, 3.05) is 6.61 Å². The molecule has 0 aliphatic carbocycles. The Morgan fingerprint density at radius 3 is 2.65 bits per heavy atom. The molecule has 3 rings (SSSR count). The van der Waals surface area contributed by atoms with Gasteiger partial charge in [-0.25, -0.2) is 4.79 Å². The predicted octanol–water partition coefficient (Wildman–Crippen LogP) is -0.875. The number of rotatable bonds is 3. The van der Waals surface area contributed by atoms with Crippen molar-refractivity contribution < 1.29 is 34.7 Å². The zero-order chi connectivity index (χ0) is 16.6. The summed E-state index contributed by atoms with van der Waals surface area (Å²) in [4.78, 5) is 15.2. The minimum Gasteiger partial charge on any atom is -0.429 e. The molecule has 2 heterocycles. The average Bonchev–Trinajstić information content (AvgIpc) is 2.99. The summed E-state index contributed by atoms with van der Waals surface area (Å²) in [6, 6.07) is 7.10. The Bertz CT molecular complexity index is 698. The molecule has 0 radical (unpaired) electrons. The second-order valence-electron chi connectivity index (χ2n) is 5.35. The summed E-state index contributed by atoms with van der Waals surface area (Å²) < 4.78 is 10.2. The molecule has 1 fully saturated rings. The maximum absolute atomic E-state index is 12.3. The lowest BCUT2D eigenvalue weighted by atomic mass is 9.99. The molecule has 0 saturated carbocycles. The number of ether oxygens (including phenoxy) is 2. The van der Waals surface area contributed by atoms with Gasteiger partial charge in [-0.2, -0.15) is 0 Å². The highest BCUT2D eigenvalue weighted by Gasteiger charge is 2.45. The summed E-state index contributed by atoms with van der Waals surface area (Å²) in [5.74, 6) is -0.758. The van der Waals surface area contributed by atoms with E-state index in [0.717, 1.165) is 5.52 Å². The van der Waals surface area contributed by atoms with Gasteiger partial charge in [-0.05, 0) is 6.07 Å². The lowest BCUT2D eigenvalue weighted by molar-refractivity contribution is -0.285. The fourth-order valence-electron chi connectivity index (χ4n) is 2.57. The maximum Gasteiger partial charge on any atom is 0.342 e. The van der Waals surface area contributed by atoms with Gasteiger partial charge in [0, 0.05) is 17.1 Å². The van der Waals surface area contributed by atoms with Crippen LogP contribution in [0.4, 0.5) is 0 Å². The van der Waals surface area contributed by atoms with Crippen LogP contribution in [0.1, 0.15) is 10.4 Å². The van der Waals surface area contributed by atoms with Crippen molar-refractivity contribution in [2.24, 2.45) is 0 Å². The summed E-state index contributed by atoms with van der Waals surface area (Å²) in [5, 5.41) is 39.0. The number of nitrogens with one attached hydrogen (secondary N) is 1. The first kappa shape index (κ1) is 15.9. The molecule has 5 N–H and O–H groups in total. The van der Waals surface area contributed by atoms with Gasteiger partial charge in [-0.15, -0.1) is 0 Å². The summed E-state index contributed by atoms with van der Waals surface area (Å²) in [5.41, 5.74) is 0.991. The topological polar surface area (TPSA) is 132 Å². The van der Waals surface area contributed by atoms with Gasteiger partial charge in [0.25, 0.3) is 0 Å². The first-order chi connectivity index (χ1) is 11.0. The molecule has 23 heavy (non-hydrogen) atoms. The lowest BCUT2D eigenvalue weighted by Gasteiger charge is -2.39. The van der Waals surface area contributed by atoms with Crippen LogP contribution in [0.3, 0.4) is 0 Å². The quantitative estimate of drug-likeness (QED) is 0.464. The van der Waals surface area contributed by atoms with Crippen molar-refractivity contribution in [3.8, 4) is 0 Å². The molecule has 8 heteroatoms. The smallest absolute Gasteiger partial charge is 0.342 e. The number of esters is 1. The molecule has 1 aromatic heterocycles. The van der Waals surface area contributed by atoms with Crippen molar-refractivity contribution in [1.29, 1.82) is 0 Å². The Morgan fingerprint density at radius 1 is 1.17 bits per heavy atom. The number of hydrogen-bond acceptors (Lipinski definition) is 7. The van der Waals surface area contributed by atoms with E-state index in [1.54, 1.807) is 18.2 Å². The Kier molecular flexibility index (Phi) is 4.33. The van der Waals surface area contributed by atoms with E-state index in [2.05, 4.69) is 4.98 Å². The minimum absolute atomic E-state index is 0.248. The molecule has 1 aliphatic heterocycles. The van der Waals surface area contributed by atoms with Crippen molar-refractivity contribution in [3.63, 3.8) is 0 Å². The number of aliphatic hydroxyl groups is 4. The summed E-state index contributed by atoms with van der Waals surface area (Å²) in [7, 11) is 0. The molecule has 124 valence electrons. The van der Waals surface area contributed by atoms with Gasteiger partial charge in [-0.3, -0.25) is 0 Å². The summed E-state index contributed by atoms with van der Waals surface area (Å²) in [6.07, 6.45) is -5.88. The van der Waals surface area contributed by atoms with Crippen LogP contribution in [0.2, 0.25) is 0 Å². The molecular weight excluding hydrogens is 306 g/mol. The number of para-hydroxylation sites is 1. The molecule has 0 bridgehead atoms. The van der Waals surface area contributed by atoms with E-state index < -0.39 is 43.3 Å². The fourth-order valence-corrected chi connectivity index (χ4v) is 2.57. The summed E-state index contributed by atoms with van der Waals surface area (Å²) in [6.45, 7) is -0.591. The largest absolute Gasteiger partial charge is 0.429 e. The van der Waals surface area contributed by atoms with Crippen LogP contribution in [0, 0.1) is 0 Å². The molecule has 5 unspecified atom stereocenters. The molecule has 0 spiro atoms. The third-order valence-electron chi connectivity index (χ3n) is 3.88. The van der Waals surface area contributed by atoms with E-state index in [9.17, 15) is 20.1 Å². The summed E-state index contributed by atoms with van der Waals surface area (Å²) >= 11 is 0. The average molecular weight is 323 g/mol. The number of aromatic amines is 1. The molecule has 0 amide bonds. The van der Waals surface area contributed by atoms with E-state index in [4.69, 9.17) is 14.6 Å². The van der Waals surface area contributed by atoms with E-state index in [0.29, 0.717) is 5.39 Å². The molecular formula is C15H17NO7. The Balaban J connectivity index is 1.79. The number of aliphatic hydroxyl groups excluding tert-OH is 4. The van der Waals surface area contributed by atoms with Crippen molar-refractivity contribution in [3.05, 3.63) is 36.0 Å². The normalized spacial score (nSPS) is 31.2. The number of carbonyl (C=O) groups is 1. The second kappa shape index (κ2) is 6.26. The maximum atomic E-state index is 12.3. The number of hydrogen-bond donors (Lipinski definition) is 5. The van der Waals surface area contributed by atoms with Gasteiger partial charge in [0.15, 0.2) is 0 Å². The monoisotopic (exact) mass is 323 g/mol. The zero-order valence-corrected chi connectivity index (χ0v) is 12.0. The van der Waals surface area contributed by atoms with Crippen LogP contribution >= 0.6 is 0 Å². The third-order valence-corrected chi connectivity index (χ3v) is 3.88. The molecule has 1 aliphatic rings. The van der Waals surface area contributed by atoms with Gasteiger partial charge in [0.05, 0.1) is 12.2 Å². The van der Waals surface area contributed by atoms with Crippen LogP contribution in [0.15, 0.2) is 30.5 Å². The number of carbonyl (C=O) groups excluding carboxylic acids is 1. The van der Waals surface area contributed by atoms with E-state index in [1.807, 2.05) is 6.07 Å². The molecule has 8 nitrogen and oxygen atoms in total. The van der Waals surface area contributed by atoms with E-state index >= 15 is 0 Å². The molecule has 2 aromatic rings. The SMILES string of the molecule is O=C(OC1OC(CO)C(O)C(O)C1O)c1c[nH]c2ccccc12. The Hall–Kier alpha value is -1.97.